The lowest BCUT2D eigenvalue weighted by atomic mass is 9.83. The van der Waals surface area contributed by atoms with Gasteiger partial charge < -0.3 is 15.6 Å². The molecule has 0 saturated heterocycles. The van der Waals surface area contributed by atoms with Crippen molar-refractivity contribution in [2.24, 2.45) is 0 Å². The Hall–Kier alpha value is -2.97. The van der Waals surface area contributed by atoms with Crippen LogP contribution in [0.5, 0.6) is 0 Å². The molecule has 30 heavy (non-hydrogen) atoms. The van der Waals surface area contributed by atoms with Crippen LogP contribution in [0, 0.1) is 6.92 Å². The normalized spacial score (nSPS) is 20.0. The Labute approximate surface area is 171 Å². The van der Waals surface area contributed by atoms with Gasteiger partial charge in [-0.25, -0.2) is 4.79 Å². The van der Waals surface area contributed by atoms with Crippen LogP contribution < -0.4 is 10.6 Å². The minimum Gasteiger partial charge on any atom is -0.361 e. The van der Waals surface area contributed by atoms with Crippen molar-refractivity contribution < 1.29 is 18.0 Å². The SMILES string of the molecule is Cc1ccc2c(CC(C)NC(=O)NC3Cc4[nH]ncc4C(C(F)(F)F)C3)c[nH]c2c1. The molecule has 4 N–H and O–H groups in total. The van der Waals surface area contributed by atoms with Crippen molar-refractivity contribution in [3.05, 3.63) is 53.0 Å². The average Bonchev–Trinajstić information content (AvgIpc) is 3.26. The number of nitrogens with one attached hydrogen (secondary N) is 4. The Morgan fingerprint density at radius 3 is 2.93 bits per heavy atom. The number of urea groups is 1. The van der Waals surface area contributed by atoms with Gasteiger partial charge in [0, 0.05) is 46.9 Å². The van der Waals surface area contributed by atoms with E-state index in [-0.39, 0.29) is 18.0 Å². The third-order valence-corrected chi connectivity index (χ3v) is 5.65. The standard InChI is InChI=1S/C21H24F3N5O/c1-11-3-4-15-13(9-25-18(15)5-11)6-12(2)27-20(30)28-14-7-17(21(22,23)24)16-10-26-29-19(16)8-14/h3-5,9-10,12,14,17,25H,6-8H2,1-2H3,(H,26,29)(H2,27,28,30). The number of halogens is 3. The number of benzene rings is 1. The summed E-state index contributed by atoms with van der Waals surface area (Å²) in [6, 6.07) is 4.88. The van der Waals surface area contributed by atoms with Gasteiger partial charge in [0.2, 0.25) is 0 Å². The number of aromatic amines is 2. The molecule has 0 spiro atoms. The van der Waals surface area contributed by atoms with Crippen molar-refractivity contribution in [1.82, 2.24) is 25.8 Å². The molecule has 2 heterocycles. The van der Waals surface area contributed by atoms with Crippen LogP contribution in [0.25, 0.3) is 10.9 Å². The van der Waals surface area contributed by atoms with Crippen molar-refractivity contribution in [3.63, 3.8) is 0 Å². The number of alkyl halides is 3. The number of amides is 2. The minimum atomic E-state index is -4.38. The zero-order valence-corrected chi connectivity index (χ0v) is 16.7. The van der Waals surface area contributed by atoms with Crippen LogP contribution >= 0.6 is 0 Å². The fourth-order valence-electron chi connectivity index (χ4n) is 4.25. The van der Waals surface area contributed by atoms with Gasteiger partial charge in [-0.15, -0.1) is 0 Å². The van der Waals surface area contributed by atoms with E-state index >= 15 is 0 Å². The van der Waals surface area contributed by atoms with Crippen molar-refractivity contribution in [2.75, 3.05) is 0 Å². The van der Waals surface area contributed by atoms with Gasteiger partial charge in [-0.05, 0) is 43.9 Å². The van der Waals surface area contributed by atoms with Gasteiger partial charge in [0.05, 0.1) is 12.1 Å². The summed E-state index contributed by atoms with van der Waals surface area (Å²) < 4.78 is 40.2. The monoisotopic (exact) mass is 419 g/mol. The Balaban J connectivity index is 1.37. The van der Waals surface area contributed by atoms with Crippen LogP contribution in [-0.2, 0) is 12.8 Å². The van der Waals surface area contributed by atoms with Crippen LogP contribution in [0.2, 0.25) is 0 Å². The highest BCUT2D eigenvalue weighted by molar-refractivity contribution is 5.84. The second-order valence-electron chi connectivity index (χ2n) is 8.12. The molecule has 4 rings (SSSR count). The van der Waals surface area contributed by atoms with E-state index in [1.807, 2.05) is 32.2 Å². The van der Waals surface area contributed by atoms with Gasteiger partial charge >= 0.3 is 12.2 Å². The highest BCUT2D eigenvalue weighted by Crippen LogP contribution is 2.42. The van der Waals surface area contributed by atoms with Gasteiger partial charge in [-0.1, -0.05) is 12.1 Å². The lowest BCUT2D eigenvalue weighted by Crippen LogP contribution is -2.49. The third kappa shape index (κ3) is 4.15. The van der Waals surface area contributed by atoms with E-state index in [9.17, 15) is 18.0 Å². The largest absolute Gasteiger partial charge is 0.395 e. The minimum absolute atomic E-state index is 0.170. The first-order valence-corrected chi connectivity index (χ1v) is 9.93. The topological polar surface area (TPSA) is 85.6 Å². The first kappa shape index (κ1) is 20.3. The second kappa shape index (κ2) is 7.70. The maximum Gasteiger partial charge on any atom is 0.395 e. The number of aryl methyl sites for hydroxylation is 1. The van der Waals surface area contributed by atoms with E-state index in [0.717, 1.165) is 22.0 Å². The molecular formula is C21H24F3N5O. The molecule has 3 atom stereocenters. The zero-order chi connectivity index (χ0) is 21.5. The Morgan fingerprint density at radius 1 is 1.37 bits per heavy atom. The van der Waals surface area contributed by atoms with E-state index in [1.165, 1.54) is 6.20 Å². The number of hydrogen-bond acceptors (Lipinski definition) is 2. The quantitative estimate of drug-likeness (QED) is 0.514. The number of carbonyl (C=O) groups excluding carboxylic acids is 1. The van der Waals surface area contributed by atoms with Gasteiger partial charge in [0.15, 0.2) is 0 Å². The summed E-state index contributed by atoms with van der Waals surface area (Å²) in [5.41, 5.74) is 3.87. The summed E-state index contributed by atoms with van der Waals surface area (Å²) >= 11 is 0. The smallest absolute Gasteiger partial charge is 0.361 e. The number of fused-ring (bicyclic) bond motifs is 2. The fraction of sp³-hybridized carbons (Fsp3) is 0.429. The van der Waals surface area contributed by atoms with E-state index in [1.54, 1.807) is 0 Å². The van der Waals surface area contributed by atoms with Crippen LogP contribution in [0.3, 0.4) is 0 Å². The fourth-order valence-corrected chi connectivity index (χ4v) is 4.25. The molecule has 1 aromatic carbocycles. The summed E-state index contributed by atoms with van der Waals surface area (Å²) in [5.74, 6) is -1.63. The van der Waals surface area contributed by atoms with Gasteiger partial charge in [0.1, 0.15) is 0 Å². The van der Waals surface area contributed by atoms with Crippen molar-refractivity contribution in [3.8, 4) is 0 Å². The van der Waals surface area contributed by atoms with Gasteiger partial charge in [-0.3, -0.25) is 5.10 Å². The number of carbonyl (C=O) groups is 1. The summed E-state index contributed by atoms with van der Waals surface area (Å²) in [6.45, 7) is 3.90. The summed E-state index contributed by atoms with van der Waals surface area (Å²) in [4.78, 5) is 15.7. The van der Waals surface area contributed by atoms with E-state index in [2.05, 4.69) is 31.9 Å². The molecule has 1 aliphatic rings. The van der Waals surface area contributed by atoms with Gasteiger partial charge in [-0.2, -0.15) is 18.3 Å². The van der Waals surface area contributed by atoms with Crippen LogP contribution in [0.15, 0.2) is 30.6 Å². The molecule has 0 fully saturated rings. The first-order chi connectivity index (χ1) is 14.2. The molecule has 6 nitrogen and oxygen atoms in total. The molecule has 3 unspecified atom stereocenters. The molecule has 2 amide bonds. The van der Waals surface area contributed by atoms with Crippen LogP contribution in [-0.4, -0.2) is 39.5 Å². The zero-order valence-electron chi connectivity index (χ0n) is 16.7. The lowest BCUT2D eigenvalue weighted by Gasteiger charge is -2.31. The number of rotatable bonds is 4. The van der Waals surface area contributed by atoms with Crippen LogP contribution in [0.1, 0.15) is 41.6 Å². The molecule has 0 aliphatic heterocycles. The van der Waals surface area contributed by atoms with Crippen molar-refractivity contribution in [2.45, 2.75) is 57.3 Å². The number of aromatic nitrogens is 3. The maximum atomic E-state index is 13.4. The number of nitrogens with zero attached hydrogens (tertiary/aromatic N) is 1. The van der Waals surface area contributed by atoms with E-state index in [4.69, 9.17) is 0 Å². The Morgan fingerprint density at radius 2 is 2.17 bits per heavy atom. The van der Waals surface area contributed by atoms with Crippen molar-refractivity contribution >= 4 is 16.9 Å². The molecule has 0 bridgehead atoms. The first-order valence-electron chi connectivity index (χ1n) is 9.93. The molecule has 9 heteroatoms. The van der Waals surface area contributed by atoms with Crippen molar-refractivity contribution in [1.29, 1.82) is 0 Å². The Kier molecular flexibility index (Phi) is 5.21. The van der Waals surface area contributed by atoms with E-state index in [0.29, 0.717) is 18.5 Å². The molecular weight excluding hydrogens is 395 g/mol. The summed E-state index contributed by atoms with van der Waals surface area (Å²) in [7, 11) is 0. The number of hydrogen-bond donors (Lipinski definition) is 4. The third-order valence-electron chi connectivity index (χ3n) is 5.65. The molecule has 160 valence electrons. The predicted octanol–water partition coefficient (Wildman–Crippen LogP) is 4.09. The molecule has 0 radical (unpaired) electrons. The summed E-state index contributed by atoms with van der Waals surface area (Å²) in [5, 5.41) is 13.0. The number of H-pyrrole nitrogens is 2. The predicted molar refractivity (Wildman–Crippen MR) is 107 cm³/mol. The highest BCUT2D eigenvalue weighted by atomic mass is 19.4. The molecule has 0 saturated carbocycles. The molecule has 2 aromatic heterocycles. The van der Waals surface area contributed by atoms with Crippen LogP contribution in [0.4, 0.5) is 18.0 Å². The van der Waals surface area contributed by atoms with E-state index < -0.39 is 24.2 Å². The average molecular weight is 419 g/mol. The maximum absolute atomic E-state index is 13.4. The molecule has 1 aliphatic carbocycles. The highest BCUT2D eigenvalue weighted by Gasteiger charge is 2.46. The van der Waals surface area contributed by atoms with Gasteiger partial charge in [0.25, 0.3) is 0 Å². The summed E-state index contributed by atoms with van der Waals surface area (Å²) in [6.07, 6.45) is -0.512. The molecule has 3 aromatic rings. The second-order valence-corrected chi connectivity index (χ2v) is 8.12. The Bertz CT molecular complexity index is 1050. The lowest BCUT2D eigenvalue weighted by molar-refractivity contribution is -0.154.